The van der Waals surface area contributed by atoms with Crippen molar-refractivity contribution in [3.63, 3.8) is 0 Å². The Bertz CT molecular complexity index is 791. The minimum absolute atomic E-state index is 0.0569. The number of carbonyl (C=O) groups excluding carboxylic acids is 1. The van der Waals surface area contributed by atoms with Crippen molar-refractivity contribution in [2.75, 3.05) is 39.2 Å². The van der Waals surface area contributed by atoms with Crippen LogP contribution in [0.25, 0.3) is 5.57 Å². The van der Waals surface area contributed by atoms with Gasteiger partial charge in [-0.3, -0.25) is 14.4 Å². The van der Waals surface area contributed by atoms with Gasteiger partial charge in [0.1, 0.15) is 11.5 Å². The van der Waals surface area contributed by atoms with Crippen LogP contribution < -0.4 is 14.8 Å². The summed E-state index contributed by atoms with van der Waals surface area (Å²) in [6.45, 7) is 1.94. The highest BCUT2D eigenvalue weighted by Crippen LogP contribution is 2.26. The molecule has 0 saturated carbocycles. The number of aryl methyl sites for hydroxylation is 1. The van der Waals surface area contributed by atoms with Gasteiger partial charge >= 0.3 is 0 Å². The number of hydrogen-bond donors (Lipinski definition) is 1. The molecule has 3 rings (SSSR count). The fourth-order valence-electron chi connectivity index (χ4n) is 2.99. The van der Waals surface area contributed by atoms with Gasteiger partial charge in [-0.05, 0) is 12.0 Å². The summed E-state index contributed by atoms with van der Waals surface area (Å²) in [6.07, 6.45) is 6.98. The maximum Gasteiger partial charge on any atom is 0.238 e. The van der Waals surface area contributed by atoms with Gasteiger partial charge < -0.3 is 14.8 Å². The third-order valence-corrected chi connectivity index (χ3v) is 4.37. The van der Waals surface area contributed by atoms with Gasteiger partial charge in [-0.1, -0.05) is 6.08 Å². The largest absolute Gasteiger partial charge is 0.497 e. The summed E-state index contributed by atoms with van der Waals surface area (Å²) in [5.74, 6) is 1.22. The summed E-state index contributed by atoms with van der Waals surface area (Å²) in [5, 5.41) is 7.12. The smallest absolute Gasteiger partial charge is 0.238 e. The van der Waals surface area contributed by atoms with Crippen molar-refractivity contribution >= 4 is 17.2 Å². The Hall–Kier alpha value is -2.80. The molecule has 1 aromatic heterocycles. The molecule has 0 atom stereocenters. The Morgan fingerprint density at radius 3 is 2.50 bits per heavy atom. The highest BCUT2D eigenvalue weighted by atomic mass is 16.5. The molecule has 7 heteroatoms. The maximum atomic E-state index is 12.4. The third-order valence-electron chi connectivity index (χ3n) is 4.37. The Morgan fingerprint density at radius 1 is 1.23 bits per heavy atom. The summed E-state index contributed by atoms with van der Waals surface area (Å²) in [4.78, 5) is 14.5. The molecule has 0 saturated heterocycles. The van der Waals surface area contributed by atoms with Crippen LogP contribution in [0.2, 0.25) is 0 Å². The fraction of sp³-hybridized carbons (Fsp3) is 0.368. The van der Waals surface area contributed by atoms with Gasteiger partial charge in [0.15, 0.2) is 0 Å². The molecule has 0 aliphatic carbocycles. The second-order valence-corrected chi connectivity index (χ2v) is 6.27. The van der Waals surface area contributed by atoms with E-state index in [2.05, 4.69) is 21.4 Å². The van der Waals surface area contributed by atoms with Crippen LogP contribution in [-0.4, -0.2) is 54.4 Å². The minimum atomic E-state index is -0.0569. The zero-order valence-electron chi connectivity index (χ0n) is 15.4. The normalized spacial score (nSPS) is 14.7. The molecule has 26 heavy (non-hydrogen) atoms. The average Bonchev–Trinajstić information content (AvgIpc) is 3.08. The van der Waals surface area contributed by atoms with E-state index in [9.17, 15) is 4.79 Å². The van der Waals surface area contributed by atoms with E-state index in [1.807, 2.05) is 19.4 Å². The molecule has 1 aliphatic heterocycles. The average molecular weight is 356 g/mol. The molecule has 0 bridgehead atoms. The summed E-state index contributed by atoms with van der Waals surface area (Å²) >= 11 is 0. The van der Waals surface area contributed by atoms with Crippen LogP contribution in [0.4, 0.5) is 5.69 Å². The van der Waals surface area contributed by atoms with Gasteiger partial charge in [0.25, 0.3) is 0 Å². The molecule has 1 N–H and O–H groups in total. The van der Waals surface area contributed by atoms with Crippen molar-refractivity contribution in [2.45, 2.75) is 6.42 Å². The number of nitrogens with zero attached hydrogens (tertiary/aromatic N) is 3. The number of nitrogens with one attached hydrogen (secondary N) is 1. The van der Waals surface area contributed by atoms with Crippen LogP contribution in [0, 0.1) is 0 Å². The molecule has 1 amide bonds. The second kappa shape index (κ2) is 8.05. The number of amides is 1. The SMILES string of the molecule is COc1cc(NC(=O)CN2CC=C(c3cnn(C)c3)CC2)cc(OC)c1. The van der Waals surface area contributed by atoms with Crippen LogP contribution in [0.1, 0.15) is 12.0 Å². The first-order valence-corrected chi connectivity index (χ1v) is 8.50. The lowest BCUT2D eigenvalue weighted by Gasteiger charge is -2.25. The topological polar surface area (TPSA) is 68.6 Å². The Labute approximate surface area is 153 Å². The molecule has 138 valence electrons. The Kier molecular flexibility index (Phi) is 5.58. The summed E-state index contributed by atoms with van der Waals surface area (Å²) in [7, 11) is 5.08. The van der Waals surface area contributed by atoms with E-state index in [1.54, 1.807) is 37.1 Å². The fourth-order valence-corrected chi connectivity index (χ4v) is 2.99. The number of anilines is 1. The van der Waals surface area contributed by atoms with Crippen molar-refractivity contribution in [1.29, 1.82) is 0 Å². The van der Waals surface area contributed by atoms with Gasteiger partial charge in [0.2, 0.25) is 5.91 Å². The van der Waals surface area contributed by atoms with Gasteiger partial charge in [0.05, 0.1) is 27.0 Å². The molecule has 0 unspecified atom stereocenters. The number of rotatable bonds is 6. The van der Waals surface area contributed by atoms with E-state index < -0.39 is 0 Å². The van der Waals surface area contributed by atoms with Crippen molar-refractivity contribution in [3.05, 3.63) is 42.2 Å². The lowest BCUT2D eigenvalue weighted by molar-refractivity contribution is -0.117. The van der Waals surface area contributed by atoms with Crippen LogP contribution in [0.15, 0.2) is 36.7 Å². The zero-order chi connectivity index (χ0) is 18.5. The molecule has 0 radical (unpaired) electrons. The summed E-state index contributed by atoms with van der Waals surface area (Å²) in [5.41, 5.74) is 3.10. The Balaban J connectivity index is 1.57. The highest BCUT2D eigenvalue weighted by Gasteiger charge is 2.17. The van der Waals surface area contributed by atoms with E-state index in [4.69, 9.17) is 9.47 Å². The van der Waals surface area contributed by atoms with Crippen LogP contribution in [0.3, 0.4) is 0 Å². The van der Waals surface area contributed by atoms with E-state index in [0.717, 1.165) is 25.1 Å². The third kappa shape index (κ3) is 4.43. The first-order valence-electron chi connectivity index (χ1n) is 8.50. The van der Waals surface area contributed by atoms with Crippen LogP contribution >= 0.6 is 0 Å². The van der Waals surface area contributed by atoms with Crippen LogP contribution in [-0.2, 0) is 11.8 Å². The van der Waals surface area contributed by atoms with Crippen molar-refractivity contribution < 1.29 is 14.3 Å². The van der Waals surface area contributed by atoms with Gasteiger partial charge in [-0.2, -0.15) is 5.10 Å². The number of benzene rings is 1. The minimum Gasteiger partial charge on any atom is -0.497 e. The van der Waals surface area contributed by atoms with Crippen molar-refractivity contribution in [3.8, 4) is 11.5 Å². The lowest BCUT2D eigenvalue weighted by Crippen LogP contribution is -2.36. The first kappa shape index (κ1) is 18.0. The molecular weight excluding hydrogens is 332 g/mol. The predicted octanol–water partition coefficient (Wildman–Crippen LogP) is 2.17. The number of methoxy groups -OCH3 is 2. The summed E-state index contributed by atoms with van der Waals surface area (Å²) < 4.78 is 12.3. The van der Waals surface area contributed by atoms with E-state index in [0.29, 0.717) is 23.7 Å². The molecule has 2 heterocycles. The maximum absolute atomic E-state index is 12.4. The summed E-state index contributed by atoms with van der Waals surface area (Å²) in [6, 6.07) is 5.32. The molecule has 0 spiro atoms. The zero-order valence-corrected chi connectivity index (χ0v) is 15.4. The first-order chi connectivity index (χ1) is 12.6. The lowest BCUT2D eigenvalue weighted by atomic mass is 10.0. The van der Waals surface area contributed by atoms with E-state index in [1.165, 1.54) is 5.57 Å². The van der Waals surface area contributed by atoms with Crippen molar-refractivity contribution in [2.24, 2.45) is 7.05 Å². The van der Waals surface area contributed by atoms with E-state index in [-0.39, 0.29) is 5.91 Å². The number of ether oxygens (including phenoxy) is 2. The predicted molar refractivity (Wildman–Crippen MR) is 100 cm³/mol. The second-order valence-electron chi connectivity index (χ2n) is 6.27. The highest BCUT2D eigenvalue weighted by molar-refractivity contribution is 5.92. The number of hydrogen-bond acceptors (Lipinski definition) is 5. The van der Waals surface area contributed by atoms with Gasteiger partial charge in [-0.25, -0.2) is 0 Å². The monoisotopic (exact) mass is 356 g/mol. The quantitative estimate of drug-likeness (QED) is 0.859. The van der Waals surface area contributed by atoms with Crippen LogP contribution in [0.5, 0.6) is 11.5 Å². The van der Waals surface area contributed by atoms with Gasteiger partial charge in [-0.15, -0.1) is 0 Å². The molecule has 2 aromatic rings. The van der Waals surface area contributed by atoms with E-state index >= 15 is 0 Å². The Morgan fingerprint density at radius 2 is 1.96 bits per heavy atom. The number of carbonyl (C=O) groups is 1. The molecular formula is C19H24N4O3. The molecule has 0 fully saturated rings. The molecule has 7 nitrogen and oxygen atoms in total. The molecule has 1 aliphatic rings. The molecule has 1 aromatic carbocycles. The van der Waals surface area contributed by atoms with Crippen molar-refractivity contribution in [1.82, 2.24) is 14.7 Å². The standard InChI is InChI=1S/C19H24N4O3/c1-22-12-15(11-20-22)14-4-6-23(7-5-14)13-19(24)21-16-8-17(25-2)10-18(9-16)26-3/h4,8-12H,5-7,13H2,1-3H3,(H,21,24). The number of aromatic nitrogens is 2. The van der Waals surface area contributed by atoms with Gasteiger partial charge in [0, 0.05) is 55.8 Å².